The molecule has 0 amide bonds. The Bertz CT molecular complexity index is 96.9. The van der Waals surface area contributed by atoms with E-state index in [4.69, 9.17) is 11.6 Å². The van der Waals surface area contributed by atoms with Gasteiger partial charge in [-0.1, -0.05) is 12.2 Å². The fraction of sp³-hybridized carbons (Fsp3) is 0.556. The number of unbranched alkanes of at least 4 members (excludes halogenated alkanes) is 1. The normalized spacial score (nSPS) is 12.5. The molecule has 0 radical (unpaired) electrons. The highest BCUT2D eigenvalue weighted by Crippen LogP contribution is 2.10. The van der Waals surface area contributed by atoms with Crippen molar-refractivity contribution in [2.75, 3.05) is 5.88 Å². The minimum atomic E-state index is 0.488. The number of alkyl halides is 1. The van der Waals surface area contributed by atoms with E-state index in [1.165, 1.54) is 6.42 Å². The van der Waals surface area contributed by atoms with E-state index in [1.807, 2.05) is 12.2 Å². The SMILES string of the molecule is C=CCCCC(C=C)CCl. The molecule has 58 valence electrons. The average Bonchev–Trinajstić information content (AvgIpc) is 1.99. The van der Waals surface area contributed by atoms with Crippen LogP contribution in [-0.4, -0.2) is 5.88 Å². The van der Waals surface area contributed by atoms with Crippen molar-refractivity contribution < 1.29 is 0 Å². The van der Waals surface area contributed by atoms with Crippen molar-refractivity contribution in [1.29, 1.82) is 0 Å². The van der Waals surface area contributed by atoms with Crippen molar-refractivity contribution in [3.8, 4) is 0 Å². The number of allylic oxidation sites excluding steroid dienone is 2. The van der Waals surface area contributed by atoms with E-state index in [1.54, 1.807) is 0 Å². The van der Waals surface area contributed by atoms with Crippen LogP contribution in [0, 0.1) is 5.92 Å². The van der Waals surface area contributed by atoms with Crippen LogP contribution in [0.2, 0.25) is 0 Å². The van der Waals surface area contributed by atoms with Gasteiger partial charge in [-0.25, -0.2) is 0 Å². The van der Waals surface area contributed by atoms with Gasteiger partial charge in [0.15, 0.2) is 0 Å². The summed E-state index contributed by atoms with van der Waals surface area (Å²) in [4.78, 5) is 0. The van der Waals surface area contributed by atoms with Gasteiger partial charge in [-0.05, 0) is 25.2 Å². The third-order valence-electron chi connectivity index (χ3n) is 1.51. The van der Waals surface area contributed by atoms with E-state index in [-0.39, 0.29) is 0 Å². The first-order valence-corrected chi connectivity index (χ1v) is 4.18. The molecular formula is C9H15Cl. The Morgan fingerprint density at radius 1 is 1.40 bits per heavy atom. The molecular weight excluding hydrogens is 144 g/mol. The summed E-state index contributed by atoms with van der Waals surface area (Å²) in [5.41, 5.74) is 0. The maximum atomic E-state index is 5.65. The maximum Gasteiger partial charge on any atom is 0.0286 e. The minimum Gasteiger partial charge on any atom is -0.126 e. The van der Waals surface area contributed by atoms with Gasteiger partial charge >= 0.3 is 0 Å². The zero-order valence-corrected chi connectivity index (χ0v) is 7.11. The zero-order valence-electron chi connectivity index (χ0n) is 6.35. The summed E-state index contributed by atoms with van der Waals surface area (Å²) in [5, 5.41) is 0. The maximum absolute atomic E-state index is 5.65. The number of hydrogen-bond acceptors (Lipinski definition) is 0. The Morgan fingerprint density at radius 2 is 2.10 bits per heavy atom. The van der Waals surface area contributed by atoms with Gasteiger partial charge in [0.1, 0.15) is 0 Å². The Balaban J connectivity index is 3.25. The Morgan fingerprint density at radius 3 is 2.50 bits per heavy atom. The summed E-state index contributed by atoms with van der Waals surface area (Å²) < 4.78 is 0. The Labute approximate surface area is 68.6 Å². The quantitative estimate of drug-likeness (QED) is 0.316. The van der Waals surface area contributed by atoms with Crippen molar-refractivity contribution in [1.82, 2.24) is 0 Å². The third-order valence-corrected chi connectivity index (χ3v) is 1.91. The highest BCUT2D eigenvalue weighted by Gasteiger charge is 1.99. The lowest BCUT2D eigenvalue weighted by Crippen LogP contribution is -1.96. The van der Waals surface area contributed by atoms with Crippen molar-refractivity contribution in [3.05, 3.63) is 25.3 Å². The first-order chi connectivity index (χ1) is 4.85. The van der Waals surface area contributed by atoms with E-state index in [0.717, 1.165) is 12.8 Å². The van der Waals surface area contributed by atoms with E-state index in [9.17, 15) is 0 Å². The van der Waals surface area contributed by atoms with Crippen LogP contribution in [0.1, 0.15) is 19.3 Å². The monoisotopic (exact) mass is 158 g/mol. The molecule has 0 aromatic rings. The highest BCUT2D eigenvalue weighted by atomic mass is 35.5. The first kappa shape index (κ1) is 9.77. The predicted octanol–water partition coefficient (Wildman–Crippen LogP) is 3.38. The smallest absolute Gasteiger partial charge is 0.0286 e. The molecule has 1 heteroatoms. The van der Waals surface area contributed by atoms with Gasteiger partial charge in [0.05, 0.1) is 0 Å². The molecule has 0 nitrogen and oxygen atoms in total. The van der Waals surface area contributed by atoms with Gasteiger partial charge in [0, 0.05) is 5.88 Å². The van der Waals surface area contributed by atoms with Gasteiger partial charge in [0.25, 0.3) is 0 Å². The van der Waals surface area contributed by atoms with Gasteiger partial charge in [-0.2, -0.15) is 0 Å². The zero-order chi connectivity index (χ0) is 7.82. The molecule has 0 spiro atoms. The molecule has 0 aliphatic carbocycles. The Kier molecular flexibility index (Phi) is 6.73. The largest absolute Gasteiger partial charge is 0.126 e. The molecule has 1 unspecified atom stereocenters. The van der Waals surface area contributed by atoms with Gasteiger partial charge < -0.3 is 0 Å². The summed E-state index contributed by atoms with van der Waals surface area (Å²) in [6.45, 7) is 7.35. The Hall–Kier alpha value is -0.230. The van der Waals surface area contributed by atoms with Crippen LogP contribution in [0.4, 0.5) is 0 Å². The number of halogens is 1. The van der Waals surface area contributed by atoms with Gasteiger partial charge in [-0.15, -0.1) is 24.8 Å². The van der Waals surface area contributed by atoms with E-state index >= 15 is 0 Å². The van der Waals surface area contributed by atoms with E-state index in [2.05, 4.69) is 13.2 Å². The lowest BCUT2D eigenvalue weighted by Gasteiger charge is -2.05. The summed E-state index contributed by atoms with van der Waals surface area (Å²) in [6.07, 6.45) is 7.26. The van der Waals surface area contributed by atoms with Crippen LogP contribution in [0.3, 0.4) is 0 Å². The average molecular weight is 159 g/mol. The molecule has 0 aromatic heterocycles. The third kappa shape index (κ3) is 4.63. The van der Waals surface area contributed by atoms with Crippen LogP contribution in [0.15, 0.2) is 25.3 Å². The lowest BCUT2D eigenvalue weighted by molar-refractivity contribution is 0.618. The lowest BCUT2D eigenvalue weighted by atomic mass is 10.0. The molecule has 0 fully saturated rings. The number of hydrogen-bond donors (Lipinski definition) is 0. The van der Waals surface area contributed by atoms with Crippen LogP contribution in [0.25, 0.3) is 0 Å². The predicted molar refractivity (Wildman–Crippen MR) is 48.5 cm³/mol. The molecule has 1 atom stereocenters. The topological polar surface area (TPSA) is 0 Å². The molecule has 0 saturated heterocycles. The van der Waals surface area contributed by atoms with Crippen molar-refractivity contribution in [2.24, 2.45) is 5.92 Å². The fourth-order valence-corrected chi connectivity index (χ4v) is 1.06. The van der Waals surface area contributed by atoms with Crippen molar-refractivity contribution >= 4 is 11.6 Å². The van der Waals surface area contributed by atoms with Crippen LogP contribution in [-0.2, 0) is 0 Å². The molecule has 10 heavy (non-hydrogen) atoms. The van der Waals surface area contributed by atoms with Gasteiger partial charge in [0.2, 0.25) is 0 Å². The van der Waals surface area contributed by atoms with Crippen LogP contribution < -0.4 is 0 Å². The second-order valence-corrected chi connectivity index (χ2v) is 2.68. The van der Waals surface area contributed by atoms with Gasteiger partial charge in [-0.3, -0.25) is 0 Å². The molecule has 0 aliphatic rings. The molecule has 0 aromatic carbocycles. The van der Waals surface area contributed by atoms with Crippen molar-refractivity contribution in [3.63, 3.8) is 0 Å². The molecule has 0 bridgehead atoms. The minimum absolute atomic E-state index is 0.488. The summed E-state index contributed by atoms with van der Waals surface area (Å²) >= 11 is 5.65. The van der Waals surface area contributed by atoms with E-state index in [0.29, 0.717) is 11.8 Å². The number of rotatable bonds is 6. The second kappa shape index (κ2) is 6.88. The highest BCUT2D eigenvalue weighted by molar-refractivity contribution is 6.18. The summed E-state index contributed by atoms with van der Waals surface area (Å²) in [7, 11) is 0. The fourth-order valence-electron chi connectivity index (χ4n) is 0.782. The molecule has 0 heterocycles. The molecule has 0 saturated carbocycles. The molecule has 0 N–H and O–H groups in total. The van der Waals surface area contributed by atoms with Crippen molar-refractivity contribution in [2.45, 2.75) is 19.3 Å². The summed E-state index contributed by atoms with van der Waals surface area (Å²) in [6, 6.07) is 0. The molecule has 0 rings (SSSR count). The van der Waals surface area contributed by atoms with Crippen LogP contribution >= 0.6 is 11.6 Å². The molecule has 0 aliphatic heterocycles. The summed E-state index contributed by atoms with van der Waals surface area (Å²) in [5.74, 6) is 1.18. The van der Waals surface area contributed by atoms with Crippen LogP contribution in [0.5, 0.6) is 0 Å². The van der Waals surface area contributed by atoms with E-state index < -0.39 is 0 Å². The second-order valence-electron chi connectivity index (χ2n) is 2.37. The standard InChI is InChI=1S/C9H15Cl/c1-3-5-6-7-9(4-2)8-10/h3-4,9H,1-2,5-8H2. The first-order valence-electron chi connectivity index (χ1n) is 3.64.